The number of amides is 1. The van der Waals surface area contributed by atoms with Crippen LogP contribution in [-0.4, -0.2) is 17.3 Å². The van der Waals surface area contributed by atoms with Crippen molar-refractivity contribution in [2.75, 3.05) is 0 Å². The monoisotopic (exact) mass is 262 g/mol. The number of nitrogens with zero attached hydrogens (tertiary/aromatic N) is 1. The molecule has 5 nitrogen and oxygen atoms in total. The molecule has 1 rings (SSSR count). The fraction of sp³-hybridized carbons (Fsp3) is 0.429. The molecule has 0 atom stereocenters. The summed E-state index contributed by atoms with van der Waals surface area (Å²) in [6.45, 7) is 7.15. The van der Waals surface area contributed by atoms with E-state index in [1.54, 1.807) is 33.8 Å². The van der Waals surface area contributed by atoms with E-state index in [-0.39, 0.29) is 0 Å². The summed E-state index contributed by atoms with van der Waals surface area (Å²) in [5.74, 6) is 0. The summed E-state index contributed by atoms with van der Waals surface area (Å²) in [5, 5.41) is 11.3. The molecule has 1 aromatic rings. The second kappa shape index (κ2) is 5.24. The van der Waals surface area contributed by atoms with Gasteiger partial charge in [-0.3, -0.25) is 0 Å². The Bertz CT molecular complexity index is 529. The summed E-state index contributed by atoms with van der Waals surface area (Å²) in [6, 6.07) is 7.34. The fourth-order valence-electron chi connectivity index (χ4n) is 1.81. The Morgan fingerprint density at radius 1 is 1.26 bits per heavy atom. The quantitative estimate of drug-likeness (QED) is 0.647. The first-order chi connectivity index (χ1) is 8.69. The molecule has 1 aromatic carbocycles. The SMILES string of the molecule is CC(C)(N=C=O)c1cccc(C(C)(C)NC(=O)O)c1. The van der Waals surface area contributed by atoms with Gasteiger partial charge in [-0.2, -0.15) is 4.99 Å². The maximum Gasteiger partial charge on any atom is 0.405 e. The van der Waals surface area contributed by atoms with Crippen molar-refractivity contribution in [2.24, 2.45) is 4.99 Å². The zero-order chi connectivity index (χ0) is 14.7. The summed E-state index contributed by atoms with van der Waals surface area (Å²) in [7, 11) is 0. The van der Waals surface area contributed by atoms with Gasteiger partial charge in [-0.25, -0.2) is 9.59 Å². The van der Waals surface area contributed by atoms with Crippen molar-refractivity contribution in [3.05, 3.63) is 35.4 Å². The van der Waals surface area contributed by atoms with Crippen molar-refractivity contribution in [3.63, 3.8) is 0 Å². The Labute approximate surface area is 112 Å². The van der Waals surface area contributed by atoms with E-state index in [1.807, 2.05) is 24.3 Å². The summed E-state index contributed by atoms with van der Waals surface area (Å²) in [4.78, 5) is 25.0. The summed E-state index contributed by atoms with van der Waals surface area (Å²) >= 11 is 0. The molecule has 0 unspecified atom stereocenters. The average molecular weight is 262 g/mol. The minimum Gasteiger partial charge on any atom is -0.465 e. The highest BCUT2D eigenvalue weighted by molar-refractivity contribution is 5.66. The number of carboxylic acid groups (broad SMARTS) is 1. The first kappa shape index (κ1) is 14.9. The van der Waals surface area contributed by atoms with Gasteiger partial charge in [0.05, 0.1) is 11.1 Å². The molecule has 0 spiro atoms. The zero-order valence-corrected chi connectivity index (χ0v) is 11.5. The Kier molecular flexibility index (Phi) is 4.12. The molecule has 0 saturated carbocycles. The highest BCUT2D eigenvalue weighted by atomic mass is 16.4. The first-order valence-electron chi connectivity index (χ1n) is 5.90. The van der Waals surface area contributed by atoms with E-state index < -0.39 is 17.2 Å². The number of aliphatic imine (C=N–C) groups is 1. The van der Waals surface area contributed by atoms with Crippen LogP contribution in [0.3, 0.4) is 0 Å². The standard InChI is InChI=1S/C14H18N2O3/c1-13(2,15-9-17)10-6-5-7-11(8-10)14(3,4)16-12(18)19/h5-8,16H,1-4H3,(H,18,19). The Morgan fingerprint density at radius 2 is 1.84 bits per heavy atom. The van der Waals surface area contributed by atoms with E-state index in [2.05, 4.69) is 10.3 Å². The van der Waals surface area contributed by atoms with E-state index in [9.17, 15) is 9.59 Å². The third-order valence-electron chi connectivity index (χ3n) is 3.04. The predicted molar refractivity (Wildman–Crippen MR) is 71.8 cm³/mol. The number of benzene rings is 1. The van der Waals surface area contributed by atoms with Crippen molar-refractivity contribution in [3.8, 4) is 0 Å². The van der Waals surface area contributed by atoms with Gasteiger partial charge < -0.3 is 10.4 Å². The number of hydrogen-bond acceptors (Lipinski definition) is 3. The van der Waals surface area contributed by atoms with Crippen LogP contribution >= 0.6 is 0 Å². The van der Waals surface area contributed by atoms with Gasteiger partial charge in [0.1, 0.15) is 0 Å². The molecule has 2 N–H and O–H groups in total. The molecular weight excluding hydrogens is 244 g/mol. The van der Waals surface area contributed by atoms with Crippen LogP contribution in [0, 0.1) is 0 Å². The van der Waals surface area contributed by atoms with Crippen LogP contribution in [0.1, 0.15) is 38.8 Å². The normalized spacial score (nSPS) is 11.6. The smallest absolute Gasteiger partial charge is 0.405 e. The number of carbonyl (C=O) groups is 1. The van der Waals surface area contributed by atoms with Crippen molar-refractivity contribution in [1.29, 1.82) is 0 Å². The van der Waals surface area contributed by atoms with Crippen LogP contribution in [0.5, 0.6) is 0 Å². The van der Waals surface area contributed by atoms with Crippen LogP contribution in [-0.2, 0) is 15.9 Å². The van der Waals surface area contributed by atoms with Gasteiger partial charge in [0.2, 0.25) is 6.08 Å². The molecule has 19 heavy (non-hydrogen) atoms. The third kappa shape index (κ3) is 3.66. The molecular formula is C14H18N2O3. The molecule has 0 heterocycles. The zero-order valence-electron chi connectivity index (χ0n) is 11.5. The fourth-order valence-corrected chi connectivity index (χ4v) is 1.81. The van der Waals surface area contributed by atoms with Crippen LogP contribution in [0.2, 0.25) is 0 Å². The number of nitrogens with one attached hydrogen (secondary N) is 1. The number of hydrogen-bond donors (Lipinski definition) is 2. The lowest BCUT2D eigenvalue weighted by Crippen LogP contribution is -2.40. The van der Waals surface area contributed by atoms with Gasteiger partial charge in [0.25, 0.3) is 0 Å². The highest BCUT2D eigenvalue weighted by Gasteiger charge is 2.26. The second-order valence-electron chi connectivity index (χ2n) is 5.40. The lowest BCUT2D eigenvalue weighted by molar-refractivity contribution is 0.182. The van der Waals surface area contributed by atoms with Crippen molar-refractivity contribution in [1.82, 2.24) is 5.32 Å². The molecule has 0 bridgehead atoms. The Hall–Kier alpha value is -2.13. The Balaban J connectivity index is 3.20. The first-order valence-corrected chi connectivity index (χ1v) is 5.90. The van der Waals surface area contributed by atoms with E-state index >= 15 is 0 Å². The van der Waals surface area contributed by atoms with Gasteiger partial charge in [-0.15, -0.1) is 0 Å². The molecule has 0 aliphatic carbocycles. The maximum absolute atomic E-state index is 10.8. The van der Waals surface area contributed by atoms with Crippen molar-refractivity contribution in [2.45, 2.75) is 38.8 Å². The molecule has 1 amide bonds. The van der Waals surface area contributed by atoms with Gasteiger partial charge in [-0.05, 0) is 38.8 Å². The molecule has 102 valence electrons. The minimum absolute atomic E-state index is 0.683. The molecule has 5 heteroatoms. The maximum atomic E-state index is 10.8. The lowest BCUT2D eigenvalue weighted by Gasteiger charge is -2.27. The molecule has 0 fully saturated rings. The molecule has 0 aliphatic heterocycles. The Morgan fingerprint density at radius 3 is 2.37 bits per heavy atom. The van der Waals surface area contributed by atoms with Crippen LogP contribution < -0.4 is 5.32 Å². The average Bonchev–Trinajstić information content (AvgIpc) is 2.27. The number of isocyanates is 1. The molecule has 0 aromatic heterocycles. The summed E-state index contributed by atoms with van der Waals surface area (Å²) < 4.78 is 0. The minimum atomic E-state index is -1.08. The third-order valence-corrected chi connectivity index (χ3v) is 3.04. The summed E-state index contributed by atoms with van der Waals surface area (Å²) in [5.41, 5.74) is 0.232. The highest BCUT2D eigenvalue weighted by Crippen LogP contribution is 2.28. The van der Waals surface area contributed by atoms with Crippen molar-refractivity contribution >= 4 is 12.2 Å². The second-order valence-corrected chi connectivity index (χ2v) is 5.40. The topological polar surface area (TPSA) is 78.8 Å². The van der Waals surface area contributed by atoms with Crippen LogP contribution in [0.25, 0.3) is 0 Å². The number of rotatable bonds is 4. The van der Waals surface area contributed by atoms with Gasteiger partial charge >= 0.3 is 6.09 Å². The van der Waals surface area contributed by atoms with Crippen molar-refractivity contribution < 1.29 is 14.7 Å². The van der Waals surface area contributed by atoms with Gasteiger partial charge in [0, 0.05) is 0 Å². The van der Waals surface area contributed by atoms with E-state index in [4.69, 9.17) is 5.11 Å². The van der Waals surface area contributed by atoms with E-state index in [0.717, 1.165) is 11.1 Å². The van der Waals surface area contributed by atoms with Gasteiger partial charge in [0.15, 0.2) is 0 Å². The molecule has 0 aliphatic rings. The predicted octanol–water partition coefficient (Wildman–Crippen LogP) is 2.76. The van der Waals surface area contributed by atoms with E-state index in [1.165, 1.54) is 0 Å². The van der Waals surface area contributed by atoms with Gasteiger partial charge in [-0.1, -0.05) is 24.3 Å². The number of carbonyl (C=O) groups excluding carboxylic acids is 1. The van der Waals surface area contributed by atoms with Crippen LogP contribution in [0.15, 0.2) is 29.3 Å². The summed E-state index contributed by atoms with van der Waals surface area (Å²) in [6.07, 6.45) is 0.479. The van der Waals surface area contributed by atoms with E-state index in [0.29, 0.717) is 0 Å². The largest absolute Gasteiger partial charge is 0.465 e. The lowest BCUT2D eigenvalue weighted by atomic mass is 9.88. The molecule has 0 saturated heterocycles. The van der Waals surface area contributed by atoms with Crippen LogP contribution in [0.4, 0.5) is 4.79 Å². The molecule has 0 radical (unpaired) electrons.